The molecule has 0 unspecified atom stereocenters. The van der Waals surface area contributed by atoms with Gasteiger partial charge in [0.25, 0.3) is 10.0 Å². The molecule has 0 atom stereocenters. The molecule has 1 aliphatic heterocycles. The summed E-state index contributed by atoms with van der Waals surface area (Å²) >= 11 is 12.3. The topological polar surface area (TPSA) is 83.6 Å². The highest BCUT2D eigenvalue weighted by Crippen LogP contribution is 2.33. The predicted octanol–water partition coefficient (Wildman–Crippen LogP) is 3.95. The predicted molar refractivity (Wildman–Crippen MR) is 109 cm³/mol. The fraction of sp³-hybridized carbons (Fsp3) is 0.294. The second-order valence-corrected chi connectivity index (χ2v) is 10.9. The van der Waals surface area contributed by atoms with Crippen LogP contribution in [0.5, 0.6) is 0 Å². The maximum Gasteiger partial charge on any atom is 0.262 e. The first-order chi connectivity index (χ1) is 12.5. The first kappa shape index (κ1) is 20.3. The van der Waals surface area contributed by atoms with Crippen LogP contribution in [-0.2, 0) is 20.0 Å². The summed E-state index contributed by atoms with van der Waals surface area (Å²) in [7, 11) is -7.22. The minimum absolute atomic E-state index is 0.0915. The molecule has 0 aromatic heterocycles. The number of benzene rings is 2. The van der Waals surface area contributed by atoms with Crippen LogP contribution < -0.4 is 9.03 Å². The zero-order chi connectivity index (χ0) is 20.0. The lowest BCUT2D eigenvalue weighted by Crippen LogP contribution is -2.25. The van der Waals surface area contributed by atoms with Gasteiger partial charge < -0.3 is 0 Å². The van der Waals surface area contributed by atoms with Crippen LogP contribution in [0.4, 0.5) is 11.4 Å². The Hall–Kier alpha value is -1.48. The van der Waals surface area contributed by atoms with Gasteiger partial charge in [-0.25, -0.2) is 16.8 Å². The van der Waals surface area contributed by atoms with E-state index in [2.05, 4.69) is 4.72 Å². The van der Waals surface area contributed by atoms with Crippen molar-refractivity contribution >= 4 is 54.6 Å². The summed E-state index contributed by atoms with van der Waals surface area (Å²) in [4.78, 5) is 0.103. The average Bonchev–Trinajstić information content (AvgIpc) is 2.92. The normalized spacial score (nSPS) is 16.5. The van der Waals surface area contributed by atoms with Crippen molar-refractivity contribution in [1.82, 2.24) is 0 Å². The summed E-state index contributed by atoms with van der Waals surface area (Å²) in [6, 6.07) is 7.53. The maximum absolute atomic E-state index is 12.8. The molecule has 0 bridgehead atoms. The molecule has 27 heavy (non-hydrogen) atoms. The Morgan fingerprint density at radius 2 is 1.74 bits per heavy atom. The van der Waals surface area contributed by atoms with Crippen molar-refractivity contribution in [2.24, 2.45) is 0 Å². The largest absolute Gasteiger partial charge is 0.278 e. The number of nitrogens with zero attached hydrogens (tertiary/aromatic N) is 1. The molecule has 6 nitrogen and oxygen atoms in total. The van der Waals surface area contributed by atoms with Gasteiger partial charge in [-0.15, -0.1) is 0 Å². The van der Waals surface area contributed by atoms with E-state index in [9.17, 15) is 16.8 Å². The molecule has 0 spiro atoms. The van der Waals surface area contributed by atoms with Crippen molar-refractivity contribution in [3.63, 3.8) is 0 Å². The van der Waals surface area contributed by atoms with E-state index in [4.69, 9.17) is 23.2 Å². The number of aryl methyl sites for hydroxylation is 2. The van der Waals surface area contributed by atoms with Crippen molar-refractivity contribution < 1.29 is 16.8 Å². The van der Waals surface area contributed by atoms with E-state index >= 15 is 0 Å². The second kappa shape index (κ2) is 7.16. The molecule has 0 aliphatic carbocycles. The maximum atomic E-state index is 12.8. The van der Waals surface area contributed by atoms with Crippen LogP contribution in [0.3, 0.4) is 0 Å². The molecular weight excluding hydrogens is 431 g/mol. The fourth-order valence-electron chi connectivity index (χ4n) is 2.92. The van der Waals surface area contributed by atoms with Gasteiger partial charge >= 0.3 is 0 Å². The number of sulfonamides is 2. The van der Waals surface area contributed by atoms with Gasteiger partial charge in [-0.1, -0.05) is 23.2 Å². The number of anilines is 2. The summed E-state index contributed by atoms with van der Waals surface area (Å²) < 4.78 is 53.3. The van der Waals surface area contributed by atoms with Crippen LogP contribution in [0.15, 0.2) is 35.2 Å². The average molecular weight is 449 g/mol. The SMILES string of the molecule is Cc1cc(S(=O)(=O)Nc2ccc(N3CCCS3(=O)=O)cc2Cl)c(C)cc1Cl. The lowest BCUT2D eigenvalue weighted by atomic mass is 10.2. The van der Waals surface area contributed by atoms with Crippen molar-refractivity contribution in [3.05, 3.63) is 51.5 Å². The smallest absolute Gasteiger partial charge is 0.262 e. The van der Waals surface area contributed by atoms with Crippen molar-refractivity contribution in [1.29, 1.82) is 0 Å². The summed E-state index contributed by atoms with van der Waals surface area (Å²) in [6.45, 7) is 3.76. The highest BCUT2D eigenvalue weighted by atomic mass is 35.5. The third-order valence-corrected chi connectivity index (χ3v) is 8.43. The number of hydrogen-bond donors (Lipinski definition) is 1. The third kappa shape index (κ3) is 4.03. The molecule has 1 fully saturated rings. The standard InChI is InChI=1S/C17H18Cl2N2O4S2/c1-11-9-17(12(2)8-14(11)18)27(24,25)20-16-5-4-13(10-15(16)19)21-6-3-7-26(21,22)23/h4-5,8-10,20H,3,6-7H2,1-2H3. The number of hydrogen-bond acceptors (Lipinski definition) is 4. The molecule has 2 aromatic rings. The van der Waals surface area contributed by atoms with Crippen LogP contribution >= 0.6 is 23.2 Å². The summed E-state index contributed by atoms with van der Waals surface area (Å²) in [5, 5.41) is 0.599. The number of nitrogens with one attached hydrogen (secondary N) is 1. The fourth-order valence-corrected chi connectivity index (χ4v) is 6.36. The lowest BCUT2D eigenvalue weighted by molar-refractivity contribution is 0.598. The Morgan fingerprint density at radius 1 is 1.04 bits per heavy atom. The van der Waals surface area contributed by atoms with E-state index in [-0.39, 0.29) is 21.4 Å². The Labute approximate surface area is 169 Å². The van der Waals surface area contributed by atoms with Gasteiger partial charge in [0.15, 0.2) is 0 Å². The quantitative estimate of drug-likeness (QED) is 0.766. The highest BCUT2D eigenvalue weighted by molar-refractivity contribution is 7.93. The highest BCUT2D eigenvalue weighted by Gasteiger charge is 2.29. The lowest BCUT2D eigenvalue weighted by Gasteiger charge is -2.18. The molecular formula is C17H18Cl2N2O4S2. The first-order valence-electron chi connectivity index (χ1n) is 8.11. The van der Waals surface area contributed by atoms with Crippen molar-refractivity contribution in [3.8, 4) is 0 Å². The molecule has 10 heteroatoms. The Balaban J connectivity index is 1.93. The van der Waals surface area contributed by atoms with Crippen LogP contribution in [0.2, 0.25) is 10.0 Å². The molecule has 1 N–H and O–H groups in total. The minimum Gasteiger partial charge on any atom is -0.278 e. The van der Waals surface area contributed by atoms with Crippen molar-refractivity contribution in [2.75, 3.05) is 21.3 Å². The summed E-state index contributed by atoms with van der Waals surface area (Å²) in [5.41, 5.74) is 1.74. The molecule has 146 valence electrons. The first-order valence-corrected chi connectivity index (χ1v) is 12.0. The van der Waals surface area contributed by atoms with E-state index in [1.807, 2.05) is 0 Å². The second-order valence-electron chi connectivity index (χ2n) is 6.38. The molecule has 1 saturated heterocycles. The Morgan fingerprint density at radius 3 is 2.33 bits per heavy atom. The van der Waals surface area contributed by atoms with Gasteiger partial charge in [-0.2, -0.15) is 0 Å². The van der Waals surface area contributed by atoms with Crippen LogP contribution in [0.1, 0.15) is 17.5 Å². The Bertz CT molecular complexity index is 1120. The van der Waals surface area contributed by atoms with Gasteiger partial charge in [-0.05, 0) is 61.7 Å². The molecule has 0 amide bonds. The van der Waals surface area contributed by atoms with Crippen molar-refractivity contribution in [2.45, 2.75) is 25.2 Å². The van der Waals surface area contributed by atoms with E-state index in [1.165, 1.54) is 28.6 Å². The minimum atomic E-state index is -3.89. The van der Waals surface area contributed by atoms with E-state index in [0.29, 0.717) is 34.8 Å². The van der Waals surface area contributed by atoms with E-state index in [0.717, 1.165) is 0 Å². The Kier molecular flexibility index (Phi) is 5.37. The molecule has 3 rings (SSSR count). The van der Waals surface area contributed by atoms with E-state index in [1.54, 1.807) is 19.9 Å². The number of halogens is 2. The van der Waals surface area contributed by atoms with Gasteiger partial charge in [0.2, 0.25) is 10.0 Å². The van der Waals surface area contributed by atoms with Gasteiger partial charge in [0.1, 0.15) is 0 Å². The third-order valence-electron chi connectivity index (χ3n) is 4.33. The zero-order valence-electron chi connectivity index (χ0n) is 14.7. The van der Waals surface area contributed by atoms with Crippen LogP contribution in [0.25, 0.3) is 0 Å². The molecule has 2 aromatic carbocycles. The zero-order valence-corrected chi connectivity index (χ0v) is 17.8. The van der Waals surface area contributed by atoms with Crippen LogP contribution in [0, 0.1) is 13.8 Å². The monoisotopic (exact) mass is 448 g/mol. The summed E-state index contributed by atoms with van der Waals surface area (Å²) in [5.74, 6) is 0.0915. The van der Waals surface area contributed by atoms with Gasteiger partial charge in [0.05, 0.1) is 27.0 Å². The summed E-state index contributed by atoms with van der Waals surface area (Å²) in [6.07, 6.45) is 0.545. The van der Waals surface area contributed by atoms with Crippen LogP contribution in [-0.4, -0.2) is 29.1 Å². The molecule has 1 aliphatic rings. The molecule has 1 heterocycles. The molecule has 0 radical (unpaired) electrons. The van der Waals surface area contributed by atoms with Gasteiger partial charge in [0, 0.05) is 11.6 Å². The van der Waals surface area contributed by atoms with E-state index < -0.39 is 20.0 Å². The van der Waals surface area contributed by atoms with Gasteiger partial charge in [-0.3, -0.25) is 9.03 Å². The molecule has 0 saturated carbocycles. The number of rotatable bonds is 4.